The van der Waals surface area contributed by atoms with E-state index in [9.17, 15) is 0 Å². The lowest BCUT2D eigenvalue weighted by atomic mass is 9.78. The van der Waals surface area contributed by atoms with Crippen LogP contribution in [0.25, 0.3) is 0 Å². The minimum absolute atomic E-state index is 0.145. The summed E-state index contributed by atoms with van der Waals surface area (Å²) >= 11 is 15.2. The van der Waals surface area contributed by atoms with Gasteiger partial charge in [0.2, 0.25) is 0 Å². The third kappa shape index (κ3) is 5.83. The number of hydrogen-bond donors (Lipinski definition) is 0. The van der Waals surface area contributed by atoms with Gasteiger partial charge in [0.15, 0.2) is 18.3 Å². The van der Waals surface area contributed by atoms with Crippen molar-refractivity contribution in [1.29, 1.82) is 0 Å². The monoisotopic (exact) mass is 708 g/mol. The second-order valence-electron chi connectivity index (χ2n) is 8.94. The van der Waals surface area contributed by atoms with Gasteiger partial charge in [0.1, 0.15) is 5.75 Å². The molecule has 0 aromatic heterocycles. The molecule has 180 valence electrons. The molecule has 2 aromatic rings. The Kier molecular flexibility index (Phi) is 8.88. The summed E-state index contributed by atoms with van der Waals surface area (Å²) < 4.78 is 27.4. The molecule has 2 heterocycles. The lowest BCUT2D eigenvalue weighted by molar-refractivity contribution is -0.106. The van der Waals surface area contributed by atoms with Gasteiger partial charge in [0.05, 0.1) is 22.2 Å². The molecule has 2 aliphatic rings. The second kappa shape index (κ2) is 11.3. The van der Waals surface area contributed by atoms with Gasteiger partial charge in [-0.1, -0.05) is 26.0 Å². The Hall–Kier alpha value is -0.120. The van der Waals surface area contributed by atoms with Gasteiger partial charge in [-0.2, -0.15) is 0 Å². The SMILES string of the molecule is CC(C)(c1ccc(OC2CCCCO2)cc1)c1c(Br)c(Br)c(OC2CCCCO2)c(Br)c1Br. The van der Waals surface area contributed by atoms with Crippen LogP contribution in [0.2, 0.25) is 0 Å². The number of hydrogen-bond acceptors (Lipinski definition) is 4. The van der Waals surface area contributed by atoms with E-state index in [-0.39, 0.29) is 18.0 Å². The number of halogens is 4. The van der Waals surface area contributed by atoms with E-state index in [1.165, 1.54) is 5.56 Å². The molecule has 2 saturated heterocycles. The van der Waals surface area contributed by atoms with Gasteiger partial charge in [-0.15, -0.1) is 0 Å². The average molecular weight is 712 g/mol. The Bertz CT molecular complexity index is 936. The van der Waals surface area contributed by atoms with Crippen molar-refractivity contribution in [1.82, 2.24) is 0 Å². The van der Waals surface area contributed by atoms with E-state index in [1.54, 1.807) is 0 Å². The molecule has 0 aliphatic carbocycles. The van der Waals surface area contributed by atoms with Crippen LogP contribution in [0.15, 0.2) is 42.2 Å². The van der Waals surface area contributed by atoms with Crippen LogP contribution in [-0.2, 0) is 14.9 Å². The Labute approximate surface area is 229 Å². The van der Waals surface area contributed by atoms with Gasteiger partial charge < -0.3 is 18.9 Å². The molecule has 8 heteroatoms. The molecule has 2 aromatic carbocycles. The fourth-order valence-corrected chi connectivity index (χ4v) is 7.51. The summed E-state index contributed by atoms with van der Waals surface area (Å²) in [6.07, 6.45) is 5.91. The first-order valence-corrected chi connectivity index (χ1v) is 14.5. The summed E-state index contributed by atoms with van der Waals surface area (Å²) in [5, 5.41) is 0. The van der Waals surface area contributed by atoms with Crippen LogP contribution < -0.4 is 9.47 Å². The van der Waals surface area contributed by atoms with Crippen molar-refractivity contribution in [3.8, 4) is 11.5 Å². The van der Waals surface area contributed by atoms with Gasteiger partial charge >= 0.3 is 0 Å². The predicted molar refractivity (Wildman–Crippen MR) is 144 cm³/mol. The minimum Gasteiger partial charge on any atom is -0.465 e. The van der Waals surface area contributed by atoms with Crippen molar-refractivity contribution >= 4 is 63.7 Å². The summed E-state index contributed by atoms with van der Waals surface area (Å²) in [4.78, 5) is 0. The normalized spacial score (nSPS) is 21.6. The molecular formula is C25H28Br4O4. The second-order valence-corrected chi connectivity index (χ2v) is 12.1. The molecule has 2 aliphatic heterocycles. The van der Waals surface area contributed by atoms with Crippen molar-refractivity contribution in [3.05, 3.63) is 53.3 Å². The van der Waals surface area contributed by atoms with Crippen molar-refractivity contribution in [2.24, 2.45) is 0 Å². The molecule has 4 rings (SSSR count). The molecule has 0 bridgehead atoms. The standard InChI is InChI=1S/C25H28Br4O4/c1-25(2,15-9-11-16(12-10-15)32-17-7-3-5-13-30-17)19-20(26)22(28)24(23(29)21(19)27)33-18-8-4-6-14-31-18/h9-12,17-18H,3-8,13-14H2,1-2H3. The summed E-state index contributed by atoms with van der Waals surface area (Å²) in [6, 6.07) is 8.30. The van der Waals surface area contributed by atoms with Crippen molar-refractivity contribution < 1.29 is 18.9 Å². The molecule has 0 amide bonds. The molecule has 4 nitrogen and oxygen atoms in total. The van der Waals surface area contributed by atoms with Gasteiger partial charge in [-0.3, -0.25) is 0 Å². The van der Waals surface area contributed by atoms with Crippen LogP contribution in [0, 0.1) is 0 Å². The van der Waals surface area contributed by atoms with Crippen molar-refractivity contribution in [3.63, 3.8) is 0 Å². The zero-order chi connectivity index (χ0) is 23.6. The summed E-state index contributed by atoms with van der Waals surface area (Å²) in [6.45, 7) is 5.93. The van der Waals surface area contributed by atoms with E-state index in [0.717, 1.165) is 86.7 Å². The average Bonchev–Trinajstić information content (AvgIpc) is 2.82. The zero-order valence-corrected chi connectivity index (χ0v) is 25.1. The van der Waals surface area contributed by atoms with E-state index in [1.807, 2.05) is 12.1 Å². The van der Waals surface area contributed by atoms with E-state index in [4.69, 9.17) is 18.9 Å². The Morgan fingerprint density at radius 3 is 1.73 bits per heavy atom. The Balaban J connectivity index is 1.60. The van der Waals surface area contributed by atoms with Crippen LogP contribution in [0.4, 0.5) is 0 Å². The summed E-state index contributed by atoms with van der Waals surface area (Å²) in [7, 11) is 0. The first kappa shape index (κ1) is 26.0. The largest absolute Gasteiger partial charge is 0.465 e. The van der Waals surface area contributed by atoms with Crippen molar-refractivity contribution in [2.75, 3.05) is 13.2 Å². The smallest absolute Gasteiger partial charge is 0.199 e. The molecule has 2 unspecified atom stereocenters. The van der Waals surface area contributed by atoms with Gasteiger partial charge in [-0.25, -0.2) is 0 Å². The molecule has 0 radical (unpaired) electrons. The zero-order valence-electron chi connectivity index (χ0n) is 18.8. The van der Waals surface area contributed by atoms with Gasteiger partial charge in [0.25, 0.3) is 0 Å². The first-order chi connectivity index (χ1) is 15.8. The fraction of sp³-hybridized carbons (Fsp3) is 0.520. The Morgan fingerprint density at radius 2 is 1.24 bits per heavy atom. The maximum Gasteiger partial charge on any atom is 0.199 e. The van der Waals surface area contributed by atoms with Crippen LogP contribution in [0.1, 0.15) is 63.5 Å². The van der Waals surface area contributed by atoms with E-state index in [2.05, 4.69) is 89.7 Å². The first-order valence-electron chi connectivity index (χ1n) is 11.3. The molecule has 0 spiro atoms. The van der Waals surface area contributed by atoms with Crippen LogP contribution >= 0.6 is 63.7 Å². The fourth-order valence-electron chi connectivity index (χ4n) is 4.25. The summed E-state index contributed by atoms with van der Waals surface area (Å²) in [5.74, 6) is 1.56. The topological polar surface area (TPSA) is 36.9 Å². The van der Waals surface area contributed by atoms with E-state index >= 15 is 0 Å². The molecule has 33 heavy (non-hydrogen) atoms. The van der Waals surface area contributed by atoms with Crippen LogP contribution in [0.3, 0.4) is 0 Å². The number of benzene rings is 2. The third-order valence-electron chi connectivity index (χ3n) is 6.22. The van der Waals surface area contributed by atoms with E-state index < -0.39 is 0 Å². The highest BCUT2D eigenvalue weighted by Crippen LogP contribution is 2.52. The highest BCUT2D eigenvalue weighted by molar-refractivity contribution is 9.14. The molecule has 2 atom stereocenters. The maximum atomic E-state index is 6.24. The van der Waals surface area contributed by atoms with E-state index in [0.29, 0.717) is 0 Å². The lowest BCUT2D eigenvalue weighted by Gasteiger charge is -2.32. The van der Waals surface area contributed by atoms with Gasteiger partial charge in [-0.05, 0) is 113 Å². The number of ether oxygens (including phenoxy) is 4. The third-order valence-corrected chi connectivity index (χ3v) is 10.4. The minimum atomic E-state index is -0.303. The molecule has 0 N–H and O–H groups in total. The quantitative estimate of drug-likeness (QED) is 0.281. The van der Waals surface area contributed by atoms with Gasteiger partial charge in [0, 0.05) is 27.2 Å². The van der Waals surface area contributed by atoms with Crippen LogP contribution in [0.5, 0.6) is 11.5 Å². The molecule has 0 saturated carbocycles. The maximum absolute atomic E-state index is 6.24. The lowest BCUT2D eigenvalue weighted by Crippen LogP contribution is -2.26. The highest BCUT2D eigenvalue weighted by atomic mass is 79.9. The molecular weight excluding hydrogens is 684 g/mol. The van der Waals surface area contributed by atoms with Crippen molar-refractivity contribution in [2.45, 2.75) is 70.4 Å². The molecule has 2 fully saturated rings. The summed E-state index contributed by atoms with van der Waals surface area (Å²) in [5.41, 5.74) is 1.98. The predicted octanol–water partition coefficient (Wildman–Crippen LogP) is 8.87. The van der Waals surface area contributed by atoms with Crippen LogP contribution in [-0.4, -0.2) is 25.8 Å². The highest BCUT2D eigenvalue weighted by Gasteiger charge is 2.33. The number of rotatable bonds is 6. The Morgan fingerprint density at radius 1 is 0.727 bits per heavy atom.